The molecule has 0 spiro atoms. The Morgan fingerprint density at radius 1 is 1.35 bits per heavy atom. The summed E-state index contributed by atoms with van der Waals surface area (Å²) < 4.78 is 1.61. The molecule has 1 fully saturated rings. The molecular weight excluding hydrogens is 260 g/mol. The van der Waals surface area contributed by atoms with Gasteiger partial charge in [0.15, 0.2) is 6.29 Å². The number of anilines is 1. The van der Waals surface area contributed by atoms with Crippen molar-refractivity contribution < 1.29 is 14.4 Å². The third-order valence-electron chi connectivity index (χ3n) is 3.34. The number of urea groups is 1. The molecule has 2 heterocycles. The highest BCUT2D eigenvalue weighted by atomic mass is 16.2. The quantitative estimate of drug-likeness (QED) is 0.821. The Morgan fingerprint density at radius 3 is 2.85 bits per heavy atom. The minimum Gasteiger partial charge on any atom is -0.296 e. The summed E-state index contributed by atoms with van der Waals surface area (Å²) in [6.07, 6.45) is 0.948. The molecule has 1 aromatic heterocycles. The number of benzene rings is 1. The Morgan fingerprint density at radius 2 is 2.15 bits per heavy atom. The SMILES string of the molecule is Cn1nc(C=O)c2cc(N3CCC(=O)NC3=O)ccc21. The van der Waals surface area contributed by atoms with Crippen molar-refractivity contribution in [1.29, 1.82) is 0 Å². The summed E-state index contributed by atoms with van der Waals surface area (Å²) in [4.78, 5) is 35.4. The lowest BCUT2D eigenvalue weighted by Crippen LogP contribution is -2.49. The number of hydrogen-bond acceptors (Lipinski definition) is 4. The second kappa shape index (κ2) is 4.44. The zero-order valence-electron chi connectivity index (χ0n) is 10.8. The van der Waals surface area contributed by atoms with Gasteiger partial charge in [-0.05, 0) is 18.2 Å². The summed E-state index contributed by atoms with van der Waals surface area (Å²) in [5.74, 6) is -0.276. The minimum atomic E-state index is -0.447. The summed E-state index contributed by atoms with van der Waals surface area (Å²) >= 11 is 0. The highest BCUT2D eigenvalue weighted by Crippen LogP contribution is 2.25. The first-order valence-electron chi connectivity index (χ1n) is 6.13. The van der Waals surface area contributed by atoms with Gasteiger partial charge in [-0.15, -0.1) is 0 Å². The van der Waals surface area contributed by atoms with E-state index in [0.717, 1.165) is 5.52 Å². The van der Waals surface area contributed by atoms with Gasteiger partial charge >= 0.3 is 6.03 Å². The number of aryl methyl sites for hydroxylation is 1. The van der Waals surface area contributed by atoms with Crippen LogP contribution in [0.5, 0.6) is 0 Å². The molecule has 1 N–H and O–H groups in total. The highest BCUT2D eigenvalue weighted by Gasteiger charge is 2.24. The zero-order chi connectivity index (χ0) is 14.3. The first kappa shape index (κ1) is 12.3. The van der Waals surface area contributed by atoms with Crippen LogP contribution in [0.25, 0.3) is 10.9 Å². The maximum Gasteiger partial charge on any atom is 0.328 e. The monoisotopic (exact) mass is 272 g/mol. The molecule has 0 atom stereocenters. The van der Waals surface area contributed by atoms with E-state index in [2.05, 4.69) is 10.4 Å². The number of imide groups is 1. The second-order valence-corrected chi connectivity index (χ2v) is 4.58. The molecule has 1 aliphatic rings. The number of nitrogens with one attached hydrogen (secondary N) is 1. The number of amides is 3. The number of fused-ring (bicyclic) bond motifs is 1. The van der Waals surface area contributed by atoms with Gasteiger partial charge in [0.25, 0.3) is 0 Å². The summed E-state index contributed by atoms with van der Waals surface area (Å²) in [5.41, 5.74) is 1.78. The summed E-state index contributed by atoms with van der Waals surface area (Å²) in [6.45, 7) is 0.326. The Kier molecular flexibility index (Phi) is 2.74. The van der Waals surface area contributed by atoms with Crippen molar-refractivity contribution >= 4 is 34.8 Å². The largest absolute Gasteiger partial charge is 0.328 e. The number of aromatic nitrogens is 2. The normalized spacial score (nSPS) is 15.6. The number of carbonyl (C=O) groups excluding carboxylic acids is 3. The highest BCUT2D eigenvalue weighted by molar-refractivity contribution is 6.07. The molecule has 1 aromatic carbocycles. The van der Waals surface area contributed by atoms with Crippen LogP contribution in [0.2, 0.25) is 0 Å². The molecule has 0 bridgehead atoms. The van der Waals surface area contributed by atoms with Crippen LogP contribution in [-0.4, -0.2) is 34.5 Å². The molecule has 7 heteroatoms. The molecule has 2 aromatic rings. The number of carbonyl (C=O) groups is 3. The predicted octanol–water partition coefficient (Wildman–Crippen LogP) is 0.832. The van der Waals surface area contributed by atoms with Crippen molar-refractivity contribution in [2.24, 2.45) is 7.05 Å². The predicted molar refractivity (Wildman–Crippen MR) is 71.6 cm³/mol. The van der Waals surface area contributed by atoms with Gasteiger partial charge < -0.3 is 0 Å². The van der Waals surface area contributed by atoms with Gasteiger partial charge in [0, 0.05) is 31.1 Å². The molecule has 20 heavy (non-hydrogen) atoms. The molecule has 0 unspecified atom stereocenters. The standard InChI is InChI=1S/C13H12N4O3/c1-16-11-3-2-8(6-9(11)10(7-18)15-16)17-5-4-12(19)14-13(17)20/h2-3,6-7H,4-5H2,1H3,(H,14,19,20). The molecule has 0 aliphatic carbocycles. The van der Waals surface area contributed by atoms with E-state index in [4.69, 9.17) is 0 Å². The van der Waals surface area contributed by atoms with Crippen LogP contribution < -0.4 is 10.2 Å². The van der Waals surface area contributed by atoms with Gasteiger partial charge in [-0.1, -0.05) is 0 Å². The first-order valence-corrected chi connectivity index (χ1v) is 6.13. The number of rotatable bonds is 2. The molecular formula is C13H12N4O3. The van der Waals surface area contributed by atoms with E-state index in [1.165, 1.54) is 4.90 Å². The molecule has 0 saturated carbocycles. The van der Waals surface area contributed by atoms with Crippen molar-refractivity contribution in [2.45, 2.75) is 6.42 Å². The zero-order valence-corrected chi connectivity index (χ0v) is 10.8. The molecule has 102 valence electrons. The smallest absolute Gasteiger partial charge is 0.296 e. The van der Waals surface area contributed by atoms with Crippen LogP contribution in [-0.2, 0) is 11.8 Å². The molecule has 1 aliphatic heterocycles. The summed E-state index contributed by atoms with van der Waals surface area (Å²) in [5, 5.41) is 7.05. The average Bonchev–Trinajstić information content (AvgIpc) is 2.75. The van der Waals surface area contributed by atoms with Crippen molar-refractivity contribution in [2.75, 3.05) is 11.4 Å². The van der Waals surface area contributed by atoms with E-state index in [0.29, 0.717) is 29.6 Å². The maximum absolute atomic E-state index is 11.8. The van der Waals surface area contributed by atoms with Crippen LogP contribution in [0.15, 0.2) is 18.2 Å². The van der Waals surface area contributed by atoms with Crippen LogP contribution in [0.4, 0.5) is 10.5 Å². The molecule has 3 rings (SSSR count). The number of aldehydes is 1. The molecule has 1 saturated heterocycles. The Bertz CT molecular complexity index is 735. The fourth-order valence-electron chi connectivity index (χ4n) is 2.35. The Labute approximate surface area is 114 Å². The van der Waals surface area contributed by atoms with Crippen LogP contribution in [0.3, 0.4) is 0 Å². The van der Waals surface area contributed by atoms with Gasteiger partial charge in [-0.3, -0.25) is 24.5 Å². The lowest BCUT2D eigenvalue weighted by molar-refractivity contribution is -0.120. The van der Waals surface area contributed by atoms with Gasteiger partial charge in [-0.2, -0.15) is 5.10 Å². The number of nitrogens with zero attached hydrogens (tertiary/aromatic N) is 3. The Balaban J connectivity index is 2.06. The molecule has 7 nitrogen and oxygen atoms in total. The van der Waals surface area contributed by atoms with Crippen LogP contribution in [0.1, 0.15) is 16.9 Å². The van der Waals surface area contributed by atoms with Crippen molar-refractivity contribution in [3.05, 3.63) is 23.9 Å². The number of hydrogen-bond donors (Lipinski definition) is 1. The molecule has 0 radical (unpaired) electrons. The van der Waals surface area contributed by atoms with E-state index in [9.17, 15) is 14.4 Å². The molecule has 3 amide bonds. The fraction of sp³-hybridized carbons (Fsp3) is 0.231. The third kappa shape index (κ3) is 1.83. The van der Waals surface area contributed by atoms with Crippen LogP contribution >= 0.6 is 0 Å². The lowest BCUT2D eigenvalue weighted by Gasteiger charge is -2.26. The lowest BCUT2D eigenvalue weighted by atomic mass is 10.1. The first-order chi connectivity index (χ1) is 9.60. The van der Waals surface area contributed by atoms with E-state index in [1.807, 2.05) is 0 Å². The van der Waals surface area contributed by atoms with E-state index >= 15 is 0 Å². The van der Waals surface area contributed by atoms with E-state index < -0.39 is 6.03 Å². The van der Waals surface area contributed by atoms with Gasteiger partial charge in [-0.25, -0.2) is 4.79 Å². The fourth-order valence-corrected chi connectivity index (χ4v) is 2.35. The summed E-state index contributed by atoms with van der Waals surface area (Å²) in [7, 11) is 1.75. The topological polar surface area (TPSA) is 84.3 Å². The van der Waals surface area contributed by atoms with E-state index in [1.54, 1.807) is 29.9 Å². The van der Waals surface area contributed by atoms with Crippen molar-refractivity contribution in [1.82, 2.24) is 15.1 Å². The van der Waals surface area contributed by atoms with Gasteiger partial charge in [0.05, 0.1) is 5.52 Å². The van der Waals surface area contributed by atoms with Crippen molar-refractivity contribution in [3.63, 3.8) is 0 Å². The minimum absolute atomic E-state index is 0.261. The Hall–Kier alpha value is -2.70. The summed E-state index contributed by atoms with van der Waals surface area (Å²) in [6, 6.07) is 4.86. The van der Waals surface area contributed by atoms with Crippen LogP contribution in [0, 0.1) is 0 Å². The van der Waals surface area contributed by atoms with Crippen molar-refractivity contribution in [3.8, 4) is 0 Å². The second-order valence-electron chi connectivity index (χ2n) is 4.58. The third-order valence-corrected chi connectivity index (χ3v) is 3.34. The average molecular weight is 272 g/mol. The maximum atomic E-state index is 11.8. The van der Waals surface area contributed by atoms with Gasteiger partial charge in [0.2, 0.25) is 5.91 Å². The van der Waals surface area contributed by atoms with E-state index in [-0.39, 0.29) is 12.3 Å². The van der Waals surface area contributed by atoms with Gasteiger partial charge in [0.1, 0.15) is 5.69 Å².